The predicted molar refractivity (Wildman–Crippen MR) is 80.5 cm³/mol. The largest absolute Gasteiger partial charge is 0.497 e. The van der Waals surface area contributed by atoms with Gasteiger partial charge in [-0.15, -0.1) is 0 Å². The molecule has 1 atom stereocenters. The van der Waals surface area contributed by atoms with Crippen LogP contribution in [0.25, 0.3) is 0 Å². The van der Waals surface area contributed by atoms with E-state index in [1.54, 1.807) is 26.4 Å². The Kier molecular flexibility index (Phi) is 7.56. The third-order valence-corrected chi connectivity index (χ3v) is 3.02. The minimum absolute atomic E-state index is 0.466. The summed E-state index contributed by atoms with van der Waals surface area (Å²) in [5.41, 5.74) is 6.23. The number of carbonyl (C=O) groups excluding carboxylic acids is 1. The first kappa shape index (κ1) is 17.3. The fraction of sp³-hybridized carbons (Fsp3) is 0.533. The van der Waals surface area contributed by atoms with Gasteiger partial charge in [-0.05, 0) is 24.6 Å². The molecule has 0 spiro atoms. The molecule has 0 aliphatic heterocycles. The molecule has 0 radical (unpaired) electrons. The fourth-order valence-corrected chi connectivity index (χ4v) is 1.83. The van der Waals surface area contributed by atoms with Crippen molar-refractivity contribution in [2.75, 3.05) is 27.4 Å². The van der Waals surface area contributed by atoms with Crippen molar-refractivity contribution in [3.8, 4) is 11.5 Å². The van der Waals surface area contributed by atoms with E-state index in [0.717, 1.165) is 17.9 Å². The molecule has 1 unspecified atom stereocenters. The van der Waals surface area contributed by atoms with Gasteiger partial charge in [0.25, 0.3) is 5.91 Å². The van der Waals surface area contributed by atoms with Gasteiger partial charge in [0.05, 0.1) is 13.7 Å². The third-order valence-electron chi connectivity index (χ3n) is 3.02. The van der Waals surface area contributed by atoms with Gasteiger partial charge in [-0.3, -0.25) is 4.79 Å². The number of amides is 1. The fourth-order valence-electron chi connectivity index (χ4n) is 1.83. The number of hydrogen-bond donors (Lipinski definition) is 2. The molecular weight excluding hydrogens is 272 g/mol. The summed E-state index contributed by atoms with van der Waals surface area (Å²) in [6, 6.07) is 5.46. The Labute approximate surface area is 125 Å². The monoisotopic (exact) mass is 296 g/mol. The van der Waals surface area contributed by atoms with E-state index < -0.39 is 12.0 Å². The Bertz CT molecular complexity index is 451. The van der Waals surface area contributed by atoms with Gasteiger partial charge in [-0.1, -0.05) is 6.92 Å². The smallest absolute Gasteiger partial charge is 0.258 e. The van der Waals surface area contributed by atoms with E-state index in [4.69, 9.17) is 19.9 Å². The highest BCUT2D eigenvalue weighted by Gasteiger charge is 2.16. The maximum absolute atomic E-state index is 11.3. The topological polar surface area (TPSA) is 82.8 Å². The van der Waals surface area contributed by atoms with Gasteiger partial charge >= 0.3 is 0 Å². The highest BCUT2D eigenvalue weighted by Crippen LogP contribution is 2.25. The number of ether oxygens (including phenoxy) is 3. The van der Waals surface area contributed by atoms with Crippen molar-refractivity contribution in [2.24, 2.45) is 5.73 Å². The number of benzene rings is 1. The summed E-state index contributed by atoms with van der Waals surface area (Å²) < 4.78 is 15.9. The number of hydrogen-bond acceptors (Lipinski definition) is 5. The zero-order valence-electron chi connectivity index (χ0n) is 12.8. The first-order valence-corrected chi connectivity index (χ1v) is 6.94. The molecule has 21 heavy (non-hydrogen) atoms. The van der Waals surface area contributed by atoms with E-state index >= 15 is 0 Å². The van der Waals surface area contributed by atoms with Crippen molar-refractivity contribution in [1.82, 2.24) is 5.32 Å². The van der Waals surface area contributed by atoms with Crippen LogP contribution >= 0.6 is 0 Å². The molecule has 1 rings (SSSR count). The molecule has 0 aliphatic carbocycles. The van der Waals surface area contributed by atoms with Crippen LogP contribution in [0.5, 0.6) is 11.5 Å². The SMILES string of the molecule is CCC(Oc1ccc(OC)cc1CNCCOC)C(N)=O. The van der Waals surface area contributed by atoms with Crippen molar-refractivity contribution < 1.29 is 19.0 Å². The van der Waals surface area contributed by atoms with E-state index in [2.05, 4.69) is 5.32 Å². The maximum atomic E-state index is 11.3. The Hall–Kier alpha value is -1.79. The minimum atomic E-state index is -0.629. The van der Waals surface area contributed by atoms with E-state index in [0.29, 0.717) is 25.3 Å². The maximum Gasteiger partial charge on any atom is 0.258 e. The molecule has 0 saturated carbocycles. The number of methoxy groups -OCH3 is 2. The molecule has 6 heteroatoms. The van der Waals surface area contributed by atoms with Gasteiger partial charge in [0, 0.05) is 25.8 Å². The predicted octanol–water partition coefficient (Wildman–Crippen LogP) is 1.07. The van der Waals surface area contributed by atoms with Gasteiger partial charge in [0.2, 0.25) is 0 Å². The molecule has 1 aromatic rings. The second kappa shape index (κ2) is 9.20. The quantitative estimate of drug-likeness (QED) is 0.631. The molecule has 0 fully saturated rings. The minimum Gasteiger partial charge on any atom is -0.497 e. The highest BCUT2D eigenvalue weighted by atomic mass is 16.5. The zero-order chi connectivity index (χ0) is 15.7. The van der Waals surface area contributed by atoms with Gasteiger partial charge in [-0.25, -0.2) is 0 Å². The van der Waals surface area contributed by atoms with Crippen LogP contribution in [0.1, 0.15) is 18.9 Å². The van der Waals surface area contributed by atoms with E-state index in [-0.39, 0.29) is 0 Å². The summed E-state index contributed by atoms with van der Waals surface area (Å²) in [7, 11) is 3.26. The number of carbonyl (C=O) groups is 1. The summed E-state index contributed by atoms with van der Waals surface area (Å²) in [6.07, 6.45) is -0.103. The number of rotatable bonds is 10. The molecule has 0 aromatic heterocycles. The Balaban J connectivity index is 2.82. The summed E-state index contributed by atoms with van der Waals surface area (Å²) in [6.45, 7) is 3.79. The number of primary amides is 1. The molecular formula is C15H24N2O4. The molecule has 0 saturated heterocycles. The average Bonchev–Trinajstić information content (AvgIpc) is 2.49. The highest BCUT2D eigenvalue weighted by molar-refractivity contribution is 5.79. The van der Waals surface area contributed by atoms with E-state index in [1.165, 1.54) is 0 Å². The van der Waals surface area contributed by atoms with Gasteiger partial charge < -0.3 is 25.3 Å². The summed E-state index contributed by atoms with van der Waals surface area (Å²) >= 11 is 0. The van der Waals surface area contributed by atoms with Crippen LogP contribution in [0.2, 0.25) is 0 Å². The van der Waals surface area contributed by atoms with Crippen LogP contribution in [-0.4, -0.2) is 39.4 Å². The van der Waals surface area contributed by atoms with Crippen LogP contribution in [0.3, 0.4) is 0 Å². The molecule has 0 bridgehead atoms. The molecule has 6 nitrogen and oxygen atoms in total. The second-order valence-corrected chi connectivity index (χ2v) is 4.56. The van der Waals surface area contributed by atoms with Crippen LogP contribution in [0.15, 0.2) is 18.2 Å². The summed E-state index contributed by atoms with van der Waals surface area (Å²) in [4.78, 5) is 11.3. The van der Waals surface area contributed by atoms with Gasteiger partial charge in [0.1, 0.15) is 11.5 Å². The van der Waals surface area contributed by atoms with Crippen molar-refractivity contribution >= 4 is 5.91 Å². The lowest BCUT2D eigenvalue weighted by molar-refractivity contribution is -0.124. The lowest BCUT2D eigenvalue weighted by Crippen LogP contribution is -2.33. The summed E-state index contributed by atoms with van der Waals surface area (Å²) in [5.74, 6) is 0.899. The van der Waals surface area contributed by atoms with Crippen molar-refractivity contribution in [3.63, 3.8) is 0 Å². The third kappa shape index (κ3) is 5.61. The van der Waals surface area contributed by atoms with Gasteiger partial charge in [0.15, 0.2) is 6.10 Å². The number of nitrogens with one attached hydrogen (secondary N) is 1. The van der Waals surface area contributed by atoms with E-state index in [9.17, 15) is 4.79 Å². The first-order valence-electron chi connectivity index (χ1n) is 6.94. The molecule has 118 valence electrons. The lowest BCUT2D eigenvalue weighted by atomic mass is 10.1. The molecule has 0 heterocycles. The normalized spacial score (nSPS) is 12.0. The van der Waals surface area contributed by atoms with Gasteiger partial charge in [-0.2, -0.15) is 0 Å². The molecule has 1 aromatic carbocycles. The van der Waals surface area contributed by atoms with Crippen molar-refractivity contribution in [3.05, 3.63) is 23.8 Å². The second-order valence-electron chi connectivity index (χ2n) is 4.56. The Morgan fingerprint density at radius 2 is 2.14 bits per heavy atom. The molecule has 3 N–H and O–H groups in total. The number of nitrogens with two attached hydrogens (primary N) is 1. The molecule has 1 amide bonds. The van der Waals surface area contributed by atoms with E-state index in [1.807, 2.05) is 13.0 Å². The summed E-state index contributed by atoms with van der Waals surface area (Å²) in [5, 5.41) is 3.24. The van der Waals surface area contributed by atoms with Crippen LogP contribution < -0.4 is 20.5 Å². The standard InChI is InChI=1S/C15H24N2O4/c1-4-13(15(16)18)21-14-6-5-12(20-3)9-11(14)10-17-7-8-19-2/h5-6,9,13,17H,4,7-8,10H2,1-3H3,(H2,16,18). The van der Waals surface area contributed by atoms with Crippen molar-refractivity contribution in [2.45, 2.75) is 26.0 Å². The Morgan fingerprint density at radius 1 is 1.38 bits per heavy atom. The zero-order valence-corrected chi connectivity index (χ0v) is 12.8. The van der Waals surface area contributed by atoms with Crippen LogP contribution in [0.4, 0.5) is 0 Å². The first-order chi connectivity index (χ1) is 10.1. The van der Waals surface area contributed by atoms with Crippen LogP contribution in [-0.2, 0) is 16.1 Å². The Morgan fingerprint density at radius 3 is 2.71 bits per heavy atom. The van der Waals surface area contributed by atoms with Crippen molar-refractivity contribution in [1.29, 1.82) is 0 Å². The molecule has 0 aliphatic rings. The average molecular weight is 296 g/mol. The lowest BCUT2D eigenvalue weighted by Gasteiger charge is -2.18. The van der Waals surface area contributed by atoms with Crippen LogP contribution in [0, 0.1) is 0 Å².